The van der Waals surface area contributed by atoms with E-state index in [0.717, 1.165) is 22.5 Å². The molecule has 0 unspecified atom stereocenters. The highest BCUT2D eigenvalue weighted by molar-refractivity contribution is 5.67. The van der Waals surface area contributed by atoms with Gasteiger partial charge in [-0.25, -0.2) is 0 Å². The molecule has 3 aromatic rings. The van der Waals surface area contributed by atoms with E-state index in [1.807, 2.05) is 48.5 Å². The van der Waals surface area contributed by atoms with E-state index < -0.39 is 4.92 Å². The maximum atomic E-state index is 10.0. The van der Waals surface area contributed by atoms with Crippen molar-refractivity contribution in [2.75, 3.05) is 11.5 Å². The molecule has 23 heavy (non-hydrogen) atoms. The van der Waals surface area contributed by atoms with Crippen molar-refractivity contribution < 1.29 is 4.92 Å². The highest BCUT2D eigenvalue weighted by Crippen LogP contribution is 2.21. The second kappa shape index (κ2) is 7.61. The van der Waals surface area contributed by atoms with Crippen LogP contribution >= 0.6 is 0 Å². The number of anilines is 2. The number of non-ortho nitro benzene ring substituents is 1. The monoisotopic (exact) mass is 307 g/mol. The third-order valence-electron chi connectivity index (χ3n) is 3.12. The zero-order chi connectivity index (χ0) is 16.7. The molecule has 0 saturated heterocycles. The van der Waals surface area contributed by atoms with Crippen LogP contribution < -0.4 is 11.5 Å². The Hall–Kier alpha value is -3.34. The van der Waals surface area contributed by atoms with Gasteiger partial charge in [0.15, 0.2) is 0 Å². The van der Waals surface area contributed by atoms with Gasteiger partial charge < -0.3 is 11.5 Å². The summed E-state index contributed by atoms with van der Waals surface area (Å²) in [5.74, 6) is 0. The summed E-state index contributed by atoms with van der Waals surface area (Å²) in [6.45, 7) is 0. The van der Waals surface area contributed by atoms with Gasteiger partial charge in [0, 0.05) is 23.5 Å². The quantitative estimate of drug-likeness (QED) is 0.423. The van der Waals surface area contributed by atoms with Crippen molar-refractivity contribution in [1.29, 1.82) is 0 Å². The molecule has 0 saturated carbocycles. The molecular formula is C18H17N3O2. The molecule has 0 aliphatic carbocycles. The Balaban J connectivity index is 0.000000185. The fourth-order valence-corrected chi connectivity index (χ4v) is 1.90. The second-order valence-electron chi connectivity index (χ2n) is 4.84. The maximum absolute atomic E-state index is 10.0. The van der Waals surface area contributed by atoms with Gasteiger partial charge in [0.2, 0.25) is 0 Å². The van der Waals surface area contributed by atoms with E-state index in [1.54, 1.807) is 18.2 Å². The lowest BCUT2D eigenvalue weighted by Crippen LogP contribution is -1.85. The maximum Gasteiger partial charge on any atom is 0.269 e. The molecule has 4 N–H and O–H groups in total. The SMILES string of the molecule is Nc1ccc(-c2ccc(N)cc2)cc1.O=[N+]([O-])c1ccccc1. The van der Waals surface area contributed by atoms with Gasteiger partial charge in [-0.3, -0.25) is 10.1 Å². The Morgan fingerprint density at radius 1 is 0.652 bits per heavy atom. The molecule has 0 radical (unpaired) electrons. The van der Waals surface area contributed by atoms with Crippen molar-refractivity contribution in [3.8, 4) is 11.1 Å². The van der Waals surface area contributed by atoms with Gasteiger partial charge >= 0.3 is 0 Å². The van der Waals surface area contributed by atoms with Crippen LogP contribution in [0.25, 0.3) is 11.1 Å². The lowest BCUT2D eigenvalue weighted by Gasteiger charge is -2.02. The third kappa shape index (κ3) is 4.86. The zero-order valence-corrected chi connectivity index (χ0v) is 12.4. The Labute approximate surface area is 134 Å². The van der Waals surface area contributed by atoms with Crippen molar-refractivity contribution >= 4 is 17.1 Å². The summed E-state index contributed by atoms with van der Waals surface area (Å²) in [5.41, 5.74) is 15.2. The minimum absolute atomic E-state index is 0.137. The van der Waals surface area contributed by atoms with Gasteiger partial charge in [0.1, 0.15) is 0 Å². The average molecular weight is 307 g/mol. The largest absolute Gasteiger partial charge is 0.399 e. The Bertz CT molecular complexity index is 711. The van der Waals surface area contributed by atoms with E-state index in [-0.39, 0.29) is 5.69 Å². The standard InChI is InChI=1S/C12H12N2.C6H5NO2/c13-11-5-1-9(2-6-11)10-3-7-12(14)8-4-10;8-7(9)6-4-2-1-3-5-6/h1-8H,13-14H2;1-5H. The summed E-state index contributed by atoms with van der Waals surface area (Å²) in [7, 11) is 0. The van der Waals surface area contributed by atoms with Crippen LogP contribution in [-0.2, 0) is 0 Å². The molecule has 0 atom stereocenters. The topological polar surface area (TPSA) is 95.2 Å². The van der Waals surface area contributed by atoms with Crippen LogP contribution in [0.5, 0.6) is 0 Å². The van der Waals surface area contributed by atoms with Crippen molar-refractivity contribution in [3.63, 3.8) is 0 Å². The van der Waals surface area contributed by atoms with Crippen molar-refractivity contribution in [1.82, 2.24) is 0 Å². The Morgan fingerprint density at radius 2 is 1.04 bits per heavy atom. The van der Waals surface area contributed by atoms with Crippen LogP contribution in [0, 0.1) is 10.1 Å². The summed E-state index contributed by atoms with van der Waals surface area (Å²) in [4.78, 5) is 9.59. The molecular weight excluding hydrogens is 290 g/mol. The summed E-state index contributed by atoms with van der Waals surface area (Å²) in [6, 6.07) is 23.5. The number of hydrogen-bond donors (Lipinski definition) is 2. The van der Waals surface area contributed by atoms with Gasteiger partial charge in [0.05, 0.1) is 4.92 Å². The van der Waals surface area contributed by atoms with E-state index in [9.17, 15) is 10.1 Å². The summed E-state index contributed by atoms with van der Waals surface area (Å²) >= 11 is 0. The van der Waals surface area contributed by atoms with Crippen LogP contribution in [0.2, 0.25) is 0 Å². The number of hydrogen-bond acceptors (Lipinski definition) is 4. The van der Waals surface area contributed by atoms with Gasteiger partial charge in [0.25, 0.3) is 5.69 Å². The van der Waals surface area contributed by atoms with Crippen LogP contribution in [0.3, 0.4) is 0 Å². The van der Waals surface area contributed by atoms with E-state index in [2.05, 4.69) is 0 Å². The number of nitro groups is 1. The van der Waals surface area contributed by atoms with E-state index in [1.165, 1.54) is 12.1 Å². The normalized spacial score (nSPS) is 9.57. The summed E-state index contributed by atoms with van der Waals surface area (Å²) < 4.78 is 0. The number of nitrogens with two attached hydrogens (primary N) is 2. The molecule has 0 amide bonds. The van der Waals surface area contributed by atoms with Crippen LogP contribution in [0.15, 0.2) is 78.9 Å². The molecule has 0 fully saturated rings. The highest BCUT2D eigenvalue weighted by atomic mass is 16.6. The van der Waals surface area contributed by atoms with Gasteiger partial charge in [-0.1, -0.05) is 42.5 Å². The summed E-state index contributed by atoms with van der Waals surface area (Å²) in [5, 5.41) is 10.0. The zero-order valence-electron chi connectivity index (χ0n) is 12.4. The predicted octanol–water partition coefficient (Wildman–Crippen LogP) is 4.11. The average Bonchev–Trinajstić information content (AvgIpc) is 2.58. The van der Waals surface area contributed by atoms with Gasteiger partial charge in [-0.05, 0) is 35.4 Å². The predicted molar refractivity (Wildman–Crippen MR) is 93.8 cm³/mol. The third-order valence-corrected chi connectivity index (χ3v) is 3.12. The molecule has 0 bridgehead atoms. The fraction of sp³-hybridized carbons (Fsp3) is 0. The minimum Gasteiger partial charge on any atom is -0.399 e. The number of nitro benzene ring substituents is 1. The molecule has 3 rings (SSSR count). The minimum atomic E-state index is -0.417. The number of rotatable bonds is 2. The fourth-order valence-electron chi connectivity index (χ4n) is 1.90. The molecule has 0 aliphatic heterocycles. The van der Waals surface area contributed by atoms with Crippen LogP contribution in [0.1, 0.15) is 0 Å². The highest BCUT2D eigenvalue weighted by Gasteiger charge is 1.98. The number of nitrogen functional groups attached to an aromatic ring is 2. The van der Waals surface area contributed by atoms with E-state index >= 15 is 0 Å². The number of para-hydroxylation sites is 1. The number of nitrogens with zero attached hydrogens (tertiary/aromatic N) is 1. The molecule has 0 heterocycles. The smallest absolute Gasteiger partial charge is 0.269 e. The second-order valence-corrected chi connectivity index (χ2v) is 4.84. The van der Waals surface area contributed by atoms with Crippen LogP contribution in [-0.4, -0.2) is 4.92 Å². The molecule has 0 aliphatic rings. The first-order chi connectivity index (χ1) is 11.1. The van der Waals surface area contributed by atoms with E-state index in [4.69, 9.17) is 11.5 Å². The first-order valence-corrected chi connectivity index (χ1v) is 6.97. The van der Waals surface area contributed by atoms with Crippen molar-refractivity contribution in [3.05, 3.63) is 89.0 Å². The Morgan fingerprint density at radius 3 is 1.35 bits per heavy atom. The molecule has 0 spiro atoms. The molecule has 3 aromatic carbocycles. The Kier molecular flexibility index (Phi) is 5.30. The first-order valence-electron chi connectivity index (χ1n) is 6.97. The van der Waals surface area contributed by atoms with Crippen molar-refractivity contribution in [2.24, 2.45) is 0 Å². The lowest BCUT2D eigenvalue weighted by atomic mass is 10.1. The molecule has 5 nitrogen and oxygen atoms in total. The molecule has 116 valence electrons. The molecule has 5 heteroatoms. The van der Waals surface area contributed by atoms with E-state index in [0.29, 0.717) is 0 Å². The number of benzene rings is 3. The molecule has 0 aromatic heterocycles. The van der Waals surface area contributed by atoms with Gasteiger partial charge in [-0.15, -0.1) is 0 Å². The first kappa shape index (κ1) is 16.0. The lowest BCUT2D eigenvalue weighted by molar-refractivity contribution is -0.384. The van der Waals surface area contributed by atoms with Crippen molar-refractivity contribution in [2.45, 2.75) is 0 Å². The summed E-state index contributed by atoms with van der Waals surface area (Å²) in [6.07, 6.45) is 0. The van der Waals surface area contributed by atoms with Gasteiger partial charge in [-0.2, -0.15) is 0 Å². The van der Waals surface area contributed by atoms with Crippen LogP contribution in [0.4, 0.5) is 17.1 Å².